The van der Waals surface area contributed by atoms with Gasteiger partial charge in [0.15, 0.2) is 5.65 Å². The second-order valence-electron chi connectivity index (χ2n) is 6.65. The monoisotopic (exact) mass is 355 g/mol. The molecule has 0 spiro atoms. The van der Waals surface area contributed by atoms with Gasteiger partial charge in [-0.2, -0.15) is 5.10 Å². The van der Waals surface area contributed by atoms with E-state index in [1.807, 2.05) is 18.5 Å². The summed E-state index contributed by atoms with van der Waals surface area (Å²) in [6.07, 6.45) is 6.48. The van der Waals surface area contributed by atoms with Gasteiger partial charge < -0.3 is 10.2 Å². The SMILES string of the molecule is Cn1c(N2CC[C@@H](NCc3cnc4ccnn4c3)C2)cc(=O)n(C)c1=O. The summed E-state index contributed by atoms with van der Waals surface area (Å²) in [6, 6.07) is 3.67. The van der Waals surface area contributed by atoms with Crippen LogP contribution in [0.15, 0.2) is 40.3 Å². The molecule has 4 heterocycles. The maximum absolute atomic E-state index is 12.1. The minimum Gasteiger partial charge on any atom is -0.356 e. The van der Waals surface area contributed by atoms with Gasteiger partial charge in [-0.25, -0.2) is 14.3 Å². The fraction of sp³-hybridized carbons (Fsp3) is 0.412. The lowest BCUT2D eigenvalue weighted by atomic mass is 10.2. The van der Waals surface area contributed by atoms with Crippen molar-refractivity contribution in [1.29, 1.82) is 0 Å². The Labute approximate surface area is 149 Å². The third kappa shape index (κ3) is 2.90. The average Bonchev–Trinajstić information content (AvgIpc) is 3.30. The Hall–Kier alpha value is -2.94. The van der Waals surface area contributed by atoms with Crippen LogP contribution in [0.25, 0.3) is 5.65 Å². The fourth-order valence-corrected chi connectivity index (χ4v) is 3.36. The maximum atomic E-state index is 12.1. The first-order valence-electron chi connectivity index (χ1n) is 8.56. The summed E-state index contributed by atoms with van der Waals surface area (Å²) in [7, 11) is 3.19. The predicted octanol–water partition coefficient (Wildman–Crippen LogP) is -0.505. The molecule has 1 aliphatic rings. The molecule has 4 rings (SSSR count). The molecule has 3 aromatic rings. The molecule has 9 heteroatoms. The van der Waals surface area contributed by atoms with Gasteiger partial charge in [-0.1, -0.05) is 0 Å². The Morgan fingerprint density at radius 1 is 1.27 bits per heavy atom. The van der Waals surface area contributed by atoms with E-state index in [9.17, 15) is 9.59 Å². The molecule has 3 aromatic heterocycles. The van der Waals surface area contributed by atoms with Crippen LogP contribution in [0.4, 0.5) is 5.82 Å². The van der Waals surface area contributed by atoms with E-state index < -0.39 is 0 Å². The van der Waals surface area contributed by atoms with E-state index >= 15 is 0 Å². The quantitative estimate of drug-likeness (QED) is 0.678. The highest BCUT2D eigenvalue weighted by molar-refractivity contribution is 5.40. The van der Waals surface area contributed by atoms with Gasteiger partial charge in [-0.15, -0.1) is 0 Å². The summed E-state index contributed by atoms with van der Waals surface area (Å²) in [4.78, 5) is 30.5. The van der Waals surface area contributed by atoms with Crippen LogP contribution in [0, 0.1) is 0 Å². The predicted molar refractivity (Wildman–Crippen MR) is 97.4 cm³/mol. The zero-order valence-corrected chi connectivity index (χ0v) is 14.8. The molecular formula is C17H21N7O2. The van der Waals surface area contributed by atoms with Gasteiger partial charge in [-0.05, 0) is 6.42 Å². The van der Waals surface area contributed by atoms with Crippen molar-refractivity contribution in [2.45, 2.75) is 19.0 Å². The van der Waals surface area contributed by atoms with Crippen molar-refractivity contribution < 1.29 is 0 Å². The highest BCUT2D eigenvalue weighted by Crippen LogP contribution is 2.17. The third-order valence-electron chi connectivity index (χ3n) is 4.91. The topological polar surface area (TPSA) is 89.5 Å². The van der Waals surface area contributed by atoms with Gasteiger partial charge in [0.2, 0.25) is 0 Å². The Balaban J connectivity index is 1.44. The van der Waals surface area contributed by atoms with E-state index in [0.717, 1.165) is 35.3 Å². The van der Waals surface area contributed by atoms with Gasteiger partial charge >= 0.3 is 5.69 Å². The van der Waals surface area contributed by atoms with Crippen LogP contribution in [0.2, 0.25) is 0 Å². The Morgan fingerprint density at radius 2 is 2.12 bits per heavy atom. The number of rotatable bonds is 4. The number of nitrogens with one attached hydrogen (secondary N) is 1. The third-order valence-corrected chi connectivity index (χ3v) is 4.91. The lowest BCUT2D eigenvalue weighted by Gasteiger charge is -2.21. The number of aromatic nitrogens is 5. The summed E-state index contributed by atoms with van der Waals surface area (Å²) in [5, 5.41) is 7.72. The van der Waals surface area contributed by atoms with Crippen molar-refractivity contribution in [3.8, 4) is 0 Å². The number of hydrogen-bond donors (Lipinski definition) is 1. The van der Waals surface area contributed by atoms with E-state index in [2.05, 4.69) is 20.3 Å². The fourth-order valence-electron chi connectivity index (χ4n) is 3.36. The lowest BCUT2D eigenvalue weighted by molar-refractivity contribution is 0.548. The van der Waals surface area contributed by atoms with E-state index in [1.165, 1.54) is 17.7 Å². The molecule has 9 nitrogen and oxygen atoms in total. The molecule has 0 aromatic carbocycles. The Bertz CT molecular complexity index is 1060. The van der Waals surface area contributed by atoms with Crippen LogP contribution >= 0.6 is 0 Å². The largest absolute Gasteiger partial charge is 0.356 e. The van der Waals surface area contributed by atoms with Crippen LogP contribution in [-0.4, -0.2) is 42.9 Å². The zero-order chi connectivity index (χ0) is 18.3. The van der Waals surface area contributed by atoms with E-state index in [0.29, 0.717) is 12.4 Å². The highest BCUT2D eigenvalue weighted by Gasteiger charge is 2.24. The van der Waals surface area contributed by atoms with Crippen molar-refractivity contribution >= 4 is 11.5 Å². The molecule has 26 heavy (non-hydrogen) atoms. The number of fused-ring (bicyclic) bond motifs is 1. The first-order chi connectivity index (χ1) is 12.5. The molecule has 1 aliphatic heterocycles. The van der Waals surface area contributed by atoms with Crippen molar-refractivity contribution in [2.75, 3.05) is 18.0 Å². The molecule has 1 N–H and O–H groups in total. The molecule has 0 bridgehead atoms. The standard InChI is InChI=1S/C17H21N7O2/c1-21-15(7-16(25)22(2)17(21)26)23-6-4-13(11-23)18-8-12-9-19-14-3-5-20-24(14)10-12/h3,5,7,9-10,13,18H,4,6,8,11H2,1-2H3/t13-/m1/s1. The van der Waals surface area contributed by atoms with Crippen molar-refractivity contribution in [1.82, 2.24) is 29.0 Å². The minimum absolute atomic E-state index is 0.280. The molecule has 1 fully saturated rings. The smallest absolute Gasteiger partial charge is 0.332 e. The van der Waals surface area contributed by atoms with E-state index in [4.69, 9.17) is 0 Å². The first kappa shape index (κ1) is 16.5. The van der Waals surface area contributed by atoms with Crippen LogP contribution in [-0.2, 0) is 20.6 Å². The van der Waals surface area contributed by atoms with Crippen molar-refractivity contribution in [3.05, 3.63) is 57.1 Å². The van der Waals surface area contributed by atoms with Crippen LogP contribution < -0.4 is 21.5 Å². The molecule has 0 radical (unpaired) electrons. The average molecular weight is 355 g/mol. The summed E-state index contributed by atoms with van der Waals surface area (Å²) in [5.74, 6) is 0.669. The van der Waals surface area contributed by atoms with Crippen molar-refractivity contribution in [3.63, 3.8) is 0 Å². The number of nitrogens with zero attached hydrogens (tertiary/aromatic N) is 6. The molecule has 0 unspecified atom stereocenters. The molecule has 0 aliphatic carbocycles. The Kier molecular flexibility index (Phi) is 4.08. The molecule has 1 atom stereocenters. The second kappa shape index (κ2) is 6.41. The Morgan fingerprint density at radius 3 is 2.96 bits per heavy atom. The van der Waals surface area contributed by atoms with Gasteiger partial charge in [-0.3, -0.25) is 13.9 Å². The summed E-state index contributed by atoms with van der Waals surface area (Å²) >= 11 is 0. The van der Waals surface area contributed by atoms with E-state index in [-0.39, 0.29) is 17.3 Å². The molecule has 1 saturated heterocycles. The van der Waals surface area contributed by atoms with Gasteiger partial charge in [0.1, 0.15) is 5.82 Å². The van der Waals surface area contributed by atoms with Gasteiger partial charge in [0, 0.05) is 69.9 Å². The highest BCUT2D eigenvalue weighted by atomic mass is 16.2. The lowest BCUT2D eigenvalue weighted by Crippen LogP contribution is -2.40. The second-order valence-corrected chi connectivity index (χ2v) is 6.65. The van der Waals surface area contributed by atoms with Crippen LogP contribution in [0.3, 0.4) is 0 Å². The van der Waals surface area contributed by atoms with Gasteiger partial charge in [0.05, 0.1) is 6.20 Å². The number of hydrogen-bond acceptors (Lipinski definition) is 6. The first-order valence-corrected chi connectivity index (χ1v) is 8.56. The van der Waals surface area contributed by atoms with Crippen LogP contribution in [0.5, 0.6) is 0 Å². The normalized spacial score (nSPS) is 17.3. The molecule has 0 amide bonds. The summed E-state index contributed by atoms with van der Waals surface area (Å²) < 4.78 is 4.40. The molecule has 136 valence electrons. The molecular weight excluding hydrogens is 334 g/mol. The van der Waals surface area contributed by atoms with Crippen molar-refractivity contribution in [2.24, 2.45) is 14.1 Å². The summed E-state index contributed by atoms with van der Waals surface area (Å²) in [6.45, 7) is 2.24. The van der Waals surface area contributed by atoms with E-state index in [1.54, 1.807) is 17.8 Å². The zero-order valence-electron chi connectivity index (χ0n) is 14.8. The summed E-state index contributed by atoms with van der Waals surface area (Å²) in [5.41, 5.74) is 1.30. The molecule has 0 saturated carbocycles. The van der Waals surface area contributed by atoms with Crippen LogP contribution in [0.1, 0.15) is 12.0 Å². The number of anilines is 1. The minimum atomic E-state index is -0.303. The maximum Gasteiger partial charge on any atom is 0.332 e. The van der Waals surface area contributed by atoms with Gasteiger partial charge in [0.25, 0.3) is 5.56 Å².